The Kier molecular flexibility index (Phi) is 15.0. The molecule has 272 valence electrons. The van der Waals surface area contributed by atoms with E-state index in [2.05, 4.69) is 25.8 Å². The van der Waals surface area contributed by atoms with Crippen molar-refractivity contribution in [1.82, 2.24) is 9.97 Å². The van der Waals surface area contributed by atoms with E-state index in [0.717, 1.165) is 103 Å². The second-order valence-corrected chi connectivity index (χ2v) is 16.0. The Labute approximate surface area is 320 Å². The summed E-state index contributed by atoms with van der Waals surface area (Å²) < 4.78 is 10.8. The fourth-order valence-corrected chi connectivity index (χ4v) is 6.00. The molecule has 0 unspecified atom stereocenters. The number of nitrogens with zero attached hydrogens (tertiary/aromatic N) is 7. The summed E-state index contributed by atoms with van der Waals surface area (Å²) in [6, 6.07) is 18.5. The first-order chi connectivity index (χ1) is 25.4. The van der Waals surface area contributed by atoms with Crippen LogP contribution in [-0.2, 0) is 22.3 Å². The third-order valence-corrected chi connectivity index (χ3v) is 8.46. The average Bonchev–Trinajstić information content (AvgIpc) is 3.82. The van der Waals surface area contributed by atoms with Gasteiger partial charge in [-0.2, -0.15) is 0 Å². The summed E-state index contributed by atoms with van der Waals surface area (Å²) in [6.07, 6.45) is 5.26. The third-order valence-electron chi connectivity index (χ3n) is 8.46. The van der Waals surface area contributed by atoms with Crippen molar-refractivity contribution in [3.8, 4) is 0 Å². The molecular weight excluding hydrogens is 814 g/mol. The van der Waals surface area contributed by atoms with E-state index in [1.54, 1.807) is 19.1 Å². The standard InChI is InChI=1S/C17H16N4O3.C17H18N4O.C2H6O.2ClH.Sn/c22-21(23)14-3-1-12(2-4-14)15-11-13-5-6-18-17(16(13)19-15)20-7-9-24-10-8-20;18-14-3-1-12(2-4-14)15-11-13-5-6-19-17(16(13)20-15)21-7-9-22-10-8-21;1-2-3;;;/h1-6H,7-11H2;1-6H,7-11,18H2;3H,2H2,1H3;2*1H;/q;;;;;+2/p-2. The number of aliphatic imine (C=N–C) groups is 2. The van der Waals surface area contributed by atoms with Gasteiger partial charge in [-0.15, -0.1) is 0 Å². The quantitative estimate of drug-likeness (QED) is 0.111. The second kappa shape index (κ2) is 19.8. The zero-order chi connectivity index (χ0) is 36.9. The number of nitro benzene ring substituents is 1. The van der Waals surface area contributed by atoms with Crippen LogP contribution >= 0.6 is 17.8 Å². The van der Waals surface area contributed by atoms with Crippen LogP contribution in [0.25, 0.3) is 0 Å². The molecule has 0 bridgehead atoms. The van der Waals surface area contributed by atoms with Crippen LogP contribution in [-0.4, -0.2) is 110 Å². The van der Waals surface area contributed by atoms with Crippen molar-refractivity contribution in [2.75, 3.05) is 74.7 Å². The number of rotatable bonds is 5. The molecule has 8 rings (SSSR count). The number of pyridine rings is 2. The number of nitrogen functional groups attached to an aromatic ring is 1. The van der Waals surface area contributed by atoms with Gasteiger partial charge in [-0.25, -0.2) is 20.0 Å². The molecule has 16 heteroatoms. The summed E-state index contributed by atoms with van der Waals surface area (Å²) in [6.45, 7) is 8.19. The number of hydrogen-bond acceptors (Lipinski definition) is 12. The van der Waals surface area contributed by atoms with Gasteiger partial charge in [0.05, 0.1) is 42.8 Å². The molecule has 13 nitrogen and oxygen atoms in total. The van der Waals surface area contributed by atoms with Gasteiger partial charge >= 0.3 is 36.7 Å². The predicted octanol–water partition coefficient (Wildman–Crippen LogP) is 5.68. The van der Waals surface area contributed by atoms with Crippen LogP contribution in [0.5, 0.6) is 0 Å². The molecule has 4 aromatic rings. The second-order valence-electron chi connectivity index (χ2n) is 11.8. The Balaban J connectivity index is 0.000000175. The van der Waals surface area contributed by atoms with Crippen molar-refractivity contribution in [3.63, 3.8) is 0 Å². The van der Waals surface area contributed by atoms with Crippen LogP contribution in [0.4, 0.5) is 34.4 Å². The van der Waals surface area contributed by atoms with Gasteiger partial charge in [0.1, 0.15) is 11.4 Å². The number of nitro groups is 1. The zero-order valence-electron chi connectivity index (χ0n) is 28.8. The number of benzene rings is 2. The molecule has 2 aromatic heterocycles. The van der Waals surface area contributed by atoms with Crippen LogP contribution in [0.15, 0.2) is 83.0 Å². The van der Waals surface area contributed by atoms with Gasteiger partial charge in [-0.3, -0.25) is 10.1 Å². The molecule has 0 amide bonds. The molecule has 0 spiro atoms. The molecule has 2 saturated heterocycles. The van der Waals surface area contributed by atoms with E-state index < -0.39 is 23.8 Å². The Bertz CT molecular complexity index is 1850. The van der Waals surface area contributed by atoms with E-state index >= 15 is 0 Å². The predicted molar refractivity (Wildman–Crippen MR) is 209 cm³/mol. The maximum atomic E-state index is 10.8. The number of aliphatic hydroxyl groups is 1. The fourth-order valence-electron chi connectivity index (χ4n) is 6.00. The number of nitrogens with two attached hydrogens (primary N) is 1. The molecule has 3 N–H and O–H groups in total. The van der Waals surface area contributed by atoms with Gasteiger partial charge in [0, 0.05) is 75.8 Å². The summed E-state index contributed by atoms with van der Waals surface area (Å²) in [7, 11) is 9.87. The van der Waals surface area contributed by atoms with Crippen LogP contribution in [0.3, 0.4) is 0 Å². The Morgan fingerprint density at radius 3 is 1.54 bits per heavy atom. The van der Waals surface area contributed by atoms with Crippen molar-refractivity contribution in [2.45, 2.75) is 19.8 Å². The maximum absolute atomic E-state index is 10.8. The molecule has 2 fully saturated rings. The molecule has 2 aromatic carbocycles. The van der Waals surface area contributed by atoms with Crippen molar-refractivity contribution < 1.29 is 19.5 Å². The van der Waals surface area contributed by atoms with E-state index in [0.29, 0.717) is 19.6 Å². The zero-order valence-corrected chi connectivity index (χ0v) is 33.1. The number of non-ortho nitro benzene ring substituents is 1. The Hall–Kier alpha value is -3.86. The first-order valence-corrected chi connectivity index (χ1v) is 24.0. The number of hydrogen-bond donors (Lipinski definition) is 2. The first kappa shape index (κ1) is 39.3. The minimum atomic E-state index is -0.826. The molecule has 52 heavy (non-hydrogen) atoms. The summed E-state index contributed by atoms with van der Waals surface area (Å²) in [5.41, 5.74) is 15.0. The Morgan fingerprint density at radius 1 is 0.769 bits per heavy atom. The molecule has 4 aliphatic rings. The molecule has 0 atom stereocenters. The van der Waals surface area contributed by atoms with Gasteiger partial charge in [0.15, 0.2) is 11.6 Å². The molecule has 4 aliphatic heterocycles. The molecular formula is C36H40Cl2N8O5Sn. The molecule has 0 saturated carbocycles. The number of morpholine rings is 2. The minimum absolute atomic E-state index is 0.0885. The van der Waals surface area contributed by atoms with Crippen molar-refractivity contribution in [3.05, 3.63) is 105 Å². The first-order valence-electron chi connectivity index (χ1n) is 16.8. The molecule has 0 aliphatic carbocycles. The normalized spacial score (nSPS) is 15.7. The van der Waals surface area contributed by atoms with E-state index in [1.165, 1.54) is 17.7 Å². The van der Waals surface area contributed by atoms with Crippen LogP contribution in [0, 0.1) is 10.1 Å². The van der Waals surface area contributed by atoms with E-state index in [1.807, 2.05) is 42.7 Å². The third kappa shape index (κ3) is 10.2. The van der Waals surface area contributed by atoms with Gasteiger partial charge in [-0.05, 0) is 65.6 Å². The monoisotopic (exact) mass is 854 g/mol. The topological polar surface area (TPSA) is 165 Å². The van der Waals surface area contributed by atoms with Gasteiger partial charge in [0.2, 0.25) is 0 Å². The van der Waals surface area contributed by atoms with Crippen molar-refractivity contribution in [2.24, 2.45) is 9.98 Å². The number of aliphatic hydroxyl groups excluding tert-OH is 1. The van der Waals surface area contributed by atoms with Crippen LogP contribution in [0.2, 0.25) is 0 Å². The van der Waals surface area contributed by atoms with E-state index in [-0.39, 0.29) is 12.3 Å². The molecule has 6 heterocycles. The number of halogens is 2. The van der Waals surface area contributed by atoms with Crippen molar-refractivity contribution in [1.29, 1.82) is 0 Å². The number of fused-ring (bicyclic) bond motifs is 2. The van der Waals surface area contributed by atoms with E-state index in [4.69, 9.17) is 48.1 Å². The molecule has 2 radical (unpaired) electrons. The van der Waals surface area contributed by atoms with Crippen molar-refractivity contribution >= 4 is 82.5 Å². The average molecular weight is 854 g/mol. The van der Waals surface area contributed by atoms with Crippen LogP contribution in [0.1, 0.15) is 29.2 Å². The fraction of sp³-hybridized carbons (Fsp3) is 0.333. The van der Waals surface area contributed by atoms with Crippen LogP contribution < -0.4 is 15.5 Å². The van der Waals surface area contributed by atoms with Gasteiger partial charge < -0.3 is 30.1 Å². The summed E-state index contributed by atoms with van der Waals surface area (Å²) in [5, 5.41) is 18.4. The number of ether oxygens (including phenoxy) is 2. The number of aromatic nitrogens is 2. The van der Waals surface area contributed by atoms with Gasteiger partial charge in [-0.1, -0.05) is 12.1 Å². The Morgan fingerprint density at radius 2 is 1.15 bits per heavy atom. The van der Waals surface area contributed by atoms with Gasteiger partial charge in [0.25, 0.3) is 5.69 Å². The van der Waals surface area contributed by atoms with E-state index in [9.17, 15) is 10.1 Å². The number of anilines is 3. The summed E-state index contributed by atoms with van der Waals surface area (Å²) in [4.78, 5) is 33.6. The SMILES string of the molecule is CCO.Nc1ccc(C2=Nc3c(ccnc3N3CCOCC3)C2)cc1.O=[N+]([O-])c1ccc(C2=Nc3c(ccnc3N3CCOCC3)C2)cc1.[Cl][Sn][Cl]. The summed E-state index contributed by atoms with van der Waals surface area (Å²) in [5.74, 6) is 1.87. The summed E-state index contributed by atoms with van der Waals surface area (Å²) >= 11 is -0.826.